The van der Waals surface area contributed by atoms with Crippen molar-refractivity contribution < 1.29 is 32.4 Å². The van der Waals surface area contributed by atoms with E-state index in [1.807, 2.05) is 27.7 Å². The van der Waals surface area contributed by atoms with Crippen LogP contribution < -0.4 is 21.3 Å². The maximum absolute atomic E-state index is 14.9. The molecule has 55 heavy (non-hydrogen) atoms. The number of carbonyl (C=O) groups is 5. The van der Waals surface area contributed by atoms with Crippen LogP contribution in [0.1, 0.15) is 91.9 Å². The van der Waals surface area contributed by atoms with Crippen molar-refractivity contribution in [3.05, 3.63) is 43.0 Å². The zero-order valence-corrected chi connectivity index (χ0v) is 33.9. The van der Waals surface area contributed by atoms with E-state index in [1.54, 1.807) is 23.1 Å². The highest BCUT2D eigenvalue weighted by Gasteiger charge is 2.53. The number of nitrogens with one attached hydrogen (secondary N) is 4. The first kappa shape index (κ1) is 43.5. The second-order valence-electron chi connectivity index (χ2n) is 16.7. The Balaban J connectivity index is 1.60. The highest BCUT2D eigenvalue weighted by molar-refractivity contribution is 7.89. The van der Waals surface area contributed by atoms with Gasteiger partial charge in [0.15, 0.2) is 0 Å². The number of hydrogen-bond donors (Lipinski definition) is 4. The van der Waals surface area contributed by atoms with Crippen molar-refractivity contribution in [2.45, 2.75) is 121 Å². The Bertz CT molecular complexity index is 1710. The lowest BCUT2D eigenvalue weighted by Crippen LogP contribution is -2.63. The van der Waals surface area contributed by atoms with Gasteiger partial charge in [0.1, 0.15) is 12.1 Å². The molecule has 1 saturated heterocycles. The van der Waals surface area contributed by atoms with Gasteiger partial charge in [0.05, 0.1) is 10.9 Å². The van der Waals surface area contributed by atoms with Crippen LogP contribution in [-0.4, -0.2) is 98.0 Å². The number of urea groups is 1. The van der Waals surface area contributed by atoms with Gasteiger partial charge in [-0.2, -0.15) is 4.31 Å². The molecule has 2 saturated carbocycles. The first-order valence-electron chi connectivity index (χ1n) is 19.5. The molecule has 13 nitrogen and oxygen atoms in total. The van der Waals surface area contributed by atoms with Crippen molar-refractivity contribution in [2.75, 3.05) is 26.7 Å². The van der Waals surface area contributed by atoms with Crippen LogP contribution in [0.3, 0.4) is 0 Å². The van der Waals surface area contributed by atoms with Crippen LogP contribution in [0.25, 0.3) is 0 Å². The number of hydrogen-bond acceptors (Lipinski definition) is 7. The molecule has 0 bridgehead atoms. The lowest BCUT2D eigenvalue weighted by Gasteiger charge is -2.43. The molecule has 4 N–H and O–H groups in total. The number of carbonyl (C=O) groups excluding carboxylic acids is 5. The maximum atomic E-state index is 14.9. The fourth-order valence-corrected chi connectivity index (χ4v) is 9.58. The van der Waals surface area contributed by atoms with Gasteiger partial charge in [-0.15, -0.1) is 18.9 Å². The molecule has 6 atom stereocenters. The first-order chi connectivity index (χ1) is 25.9. The summed E-state index contributed by atoms with van der Waals surface area (Å²) in [5, 5.41) is 11.3. The third kappa shape index (κ3) is 10.6. The van der Waals surface area contributed by atoms with Crippen molar-refractivity contribution in [2.24, 2.45) is 22.7 Å². The van der Waals surface area contributed by atoms with Gasteiger partial charge in [-0.05, 0) is 66.9 Å². The Morgan fingerprint density at radius 3 is 2.33 bits per heavy atom. The molecule has 1 unspecified atom stereocenters. The molecule has 3 aliphatic rings. The van der Waals surface area contributed by atoms with Crippen LogP contribution in [0.15, 0.2) is 47.9 Å². The van der Waals surface area contributed by atoms with Gasteiger partial charge in [-0.25, -0.2) is 13.2 Å². The van der Waals surface area contributed by atoms with Crippen molar-refractivity contribution in [1.29, 1.82) is 0 Å². The molecule has 302 valence electrons. The summed E-state index contributed by atoms with van der Waals surface area (Å²) in [6.45, 7) is 11.7. The number of nitrogens with zero attached hydrogens (tertiary/aromatic N) is 2. The average Bonchev–Trinajstić information content (AvgIpc) is 3.76. The minimum Gasteiger partial charge on any atom is -0.346 e. The molecule has 14 heteroatoms. The molecule has 1 aromatic carbocycles. The third-order valence-corrected chi connectivity index (χ3v) is 13.6. The fraction of sp³-hybridized carbons (Fsp3) is 0.634. The molecule has 0 aromatic heterocycles. The molecule has 0 radical (unpaired) electrons. The quantitative estimate of drug-likeness (QED) is 0.112. The molecular formula is C41H60N6O7S. The van der Waals surface area contributed by atoms with Crippen molar-refractivity contribution in [1.82, 2.24) is 30.5 Å². The summed E-state index contributed by atoms with van der Waals surface area (Å²) in [4.78, 5) is 70.8. The lowest BCUT2D eigenvalue weighted by molar-refractivity contribution is -0.145. The SMILES string of the molecule is C#CCCC(NC(=O)[C@@H]1[C@H]2CCC[C@H]2CN1C(=O)[C@@H](NC(=O)N[C@H](CN(C)S(=O)(=O)c1ccccc1)C(C)(C)C)C1(C)CCCCC1)C(=O)C(=O)NCC=C. The minimum atomic E-state index is -3.85. The molecule has 0 spiro atoms. The lowest BCUT2D eigenvalue weighted by atomic mass is 9.70. The van der Waals surface area contributed by atoms with Gasteiger partial charge in [0, 0.05) is 39.1 Å². The predicted molar refractivity (Wildman–Crippen MR) is 211 cm³/mol. The van der Waals surface area contributed by atoms with Crippen LogP contribution in [-0.2, 0) is 29.2 Å². The van der Waals surface area contributed by atoms with Crippen LogP contribution >= 0.6 is 0 Å². The topological polar surface area (TPSA) is 174 Å². The fourth-order valence-electron chi connectivity index (χ4n) is 8.37. The molecule has 3 fully saturated rings. The smallest absolute Gasteiger partial charge is 0.315 e. The van der Waals surface area contributed by atoms with E-state index in [1.165, 1.54) is 29.6 Å². The zero-order chi connectivity index (χ0) is 40.6. The maximum Gasteiger partial charge on any atom is 0.315 e. The van der Waals surface area contributed by atoms with E-state index in [0.29, 0.717) is 19.4 Å². The van der Waals surface area contributed by atoms with Gasteiger partial charge in [0.25, 0.3) is 5.91 Å². The summed E-state index contributed by atoms with van der Waals surface area (Å²) in [7, 11) is -2.37. The molecular weight excluding hydrogens is 721 g/mol. The van der Waals surface area contributed by atoms with E-state index in [-0.39, 0.29) is 48.6 Å². The number of rotatable bonds is 16. The number of likely N-dealkylation sites (N-methyl/N-ethyl adjacent to an activating group) is 1. The number of fused-ring (bicyclic) bond motifs is 1. The van der Waals surface area contributed by atoms with E-state index in [0.717, 1.165) is 38.5 Å². The summed E-state index contributed by atoms with van der Waals surface area (Å²) >= 11 is 0. The Hall–Kier alpha value is -4.22. The summed E-state index contributed by atoms with van der Waals surface area (Å²) in [5.74, 6) is -0.206. The minimum absolute atomic E-state index is 0.0209. The Labute approximate surface area is 327 Å². The van der Waals surface area contributed by atoms with Crippen LogP contribution in [0, 0.1) is 35.0 Å². The number of ketones is 1. The second kappa shape index (κ2) is 18.6. The van der Waals surface area contributed by atoms with E-state index in [2.05, 4.69) is 33.8 Å². The highest BCUT2D eigenvalue weighted by atomic mass is 32.2. The average molecular weight is 781 g/mol. The Kier molecular flexibility index (Phi) is 14.7. The van der Waals surface area contributed by atoms with Crippen molar-refractivity contribution in [3.63, 3.8) is 0 Å². The number of terminal acetylenes is 1. The van der Waals surface area contributed by atoms with E-state index in [9.17, 15) is 32.4 Å². The zero-order valence-electron chi connectivity index (χ0n) is 33.1. The Morgan fingerprint density at radius 1 is 1.04 bits per heavy atom. The van der Waals surface area contributed by atoms with Gasteiger partial charge in [0.2, 0.25) is 27.6 Å². The predicted octanol–water partition coefficient (Wildman–Crippen LogP) is 3.76. The number of likely N-dealkylation sites (tertiary alicyclic amines) is 1. The molecule has 5 amide bonds. The van der Waals surface area contributed by atoms with Crippen LogP contribution in [0.2, 0.25) is 0 Å². The molecule has 4 rings (SSSR count). The highest BCUT2D eigenvalue weighted by Crippen LogP contribution is 2.45. The summed E-state index contributed by atoms with van der Waals surface area (Å²) in [6.07, 6.45) is 13.7. The number of benzene rings is 1. The monoisotopic (exact) mass is 780 g/mol. The molecule has 1 aromatic rings. The standard InChI is InChI=1S/C41H60N6O7S/c1-8-10-22-31(34(48)37(50)42-25-9-2)43-36(49)33-30-21-17-18-28(30)26-47(33)38(51)35(41(6)23-15-12-16-24-41)45-39(52)44-32(40(3,4)5)27-46(7)55(53,54)29-19-13-11-14-20-29/h1,9,11,13-14,19-20,28,30-33,35H,2,10,12,15-18,21-27H2,3-7H3,(H,42,50)(H,43,49)(H2,44,45,52)/t28-,30-,31?,32+,33-,35+/m0/s1. The number of sulfonamides is 1. The summed E-state index contributed by atoms with van der Waals surface area (Å²) in [5.41, 5.74) is -1.19. The Morgan fingerprint density at radius 2 is 1.71 bits per heavy atom. The molecule has 1 aliphatic heterocycles. The molecule has 1 heterocycles. The van der Waals surface area contributed by atoms with Gasteiger partial charge in [-0.3, -0.25) is 19.2 Å². The largest absolute Gasteiger partial charge is 0.346 e. The van der Waals surface area contributed by atoms with Crippen molar-refractivity contribution in [3.8, 4) is 12.3 Å². The van der Waals surface area contributed by atoms with Crippen molar-refractivity contribution >= 4 is 39.6 Å². The number of amides is 5. The molecule has 2 aliphatic carbocycles. The van der Waals surface area contributed by atoms with Crippen LogP contribution in [0.5, 0.6) is 0 Å². The van der Waals surface area contributed by atoms with Crippen LogP contribution in [0.4, 0.5) is 4.79 Å². The third-order valence-electron chi connectivity index (χ3n) is 11.7. The first-order valence-corrected chi connectivity index (χ1v) is 20.9. The summed E-state index contributed by atoms with van der Waals surface area (Å²) < 4.78 is 28.0. The normalized spacial score (nSPS) is 22.3. The summed E-state index contributed by atoms with van der Waals surface area (Å²) in [6, 6.07) is 3.76. The van der Waals surface area contributed by atoms with E-state index >= 15 is 0 Å². The van der Waals surface area contributed by atoms with Gasteiger partial charge >= 0.3 is 6.03 Å². The van der Waals surface area contributed by atoms with E-state index in [4.69, 9.17) is 6.42 Å². The van der Waals surface area contributed by atoms with E-state index < -0.39 is 68.6 Å². The number of Topliss-reactive ketones (excluding diaryl/α,β-unsaturated/α-hetero) is 1. The second-order valence-corrected chi connectivity index (χ2v) is 18.8. The van der Waals surface area contributed by atoms with Gasteiger partial charge in [-0.1, -0.05) is 77.7 Å². The van der Waals surface area contributed by atoms with Gasteiger partial charge < -0.3 is 26.2 Å².